The van der Waals surface area contributed by atoms with Crippen molar-refractivity contribution in [1.29, 1.82) is 0 Å². The molecule has 2 nitrogen and oxygen atoms in total. The first-order valence-corrected chi connectivity index (χ1v) is 7.21. The number of benzene rings is 1. The van der Waals surface area contributed by atoms with Crippen LogP contribution in [0.1, 0.15) is 50.6 Å². The molecule has 1 heterocycles. The molecule has 2 rings (SSSR count). The van der Waals surface area contributed by atoms with Crippen molar-refractivity contribution in [2.45, 2.75) is 45.7 Å². The van der Waals surface area contributed by atoms with Crippen molar-refractivity contribution >= 4 is 0 Å². The molecule has 0 saturated heterocycles. The molecular formula is C18H25NO. The van der Waals surface area contributed by atoms with E-state index < -0.39 is 0 Å². The zero-order chi connectivity index (χ0) is 14.8. The lowest BCUT2D eigenvalue weighted by Crippen LogP contribution is -2.21. The highest BCUT2D eigenvalue weighted by molar-refractivity contribution is 5.29. The highest BCUT2D eigenvalue weighted by Gasteiger charge is 2.16. The average molecular weight is 271 g/mol. The fourth-order valence-corrected chi connectivity index (χ4v) is 2.30. The van der Waals surface area contributed by atoms with Crippen LogP contribution >= 0.6 is 0 Å². The molecule has 0 N–H and O–H groups in total. The standard InChI is InChI=1S/C18H25NO/c1-14(19(5)13-17-7-6-12-20-17)15-8-10-16(11-9-15)18(2,3)4/h6-12,14H,13H2,1-5H3. The predicted octanol–water partition coefficient (Wildman–Crippen LogP) is 4.77. The van der Waals surface area contributed by atoms with Crippen LogP contribution < -0.4 is 0 Å². The van der Waals surface area contributed by atoms with Crippen LogP contribution in [-0.4, -0.2) is 11.9 Å². The summed E-state index contributed by atoms with van der Waals surface area (Å²) in [5.41, 5.74) is 2.93. The van der Waals surface area contributed by atoms with Crippen molar-refractivity contribution in [2.24, 2.45) is 0 Å². The molecule has 1 atom stereocenters. The van der Waals surface area contributed by atoms with Gasteiger partial charge < -0.3 is 4.42 Å². The zero-order valence-electron chi connectivity index (χ0n) is 13.2. The third-order valence-electron chi connectivity index (χ3n) is 3.91. The molecule has 0 bridgehead atoms. The summed E-state index contributed by atoms with van der Waals surface area (Å²) >= 11 is 0. The van der Waals surface area contributed by atoms with Gasteiger partial charge in [0.05, 0.1) is 12.8 Å². The molecule has 1 unspecified atom stereocenters. The molecule has 0 saturated carbocycles. The summed E-state index contributed by atoms with van der Waals surface area (Å²) in [6, 6.07) is 13.3. The summed E-state index contributed by atoms with van der Waals surface area (Å²) in [6.45, 7) is 9.79. The Bertz CT molecular complexity index is 520. The Morgan fingerprint density at radius 1 is 1.10 bits per heavy atom. The Morgan fingerprint density at radius 3 is 2.25 bits per heavy atom. The Labute approximate surface area is 122 Å². The minimum absolute atomic E-state index is 0.210. The van der Waals surface area contributed by atoms with Crippen LogP contribution in [0.3, 0.4) is 0 Å². The van der Waals surface area contributed by atoms with Gasteiger partial charge in [0.2, 0.25) is 0 Å². The maximum absolute atomic E-state index is 5.41. The van der Waals surface area contributed by atoms with Crippen LogP contribution in [0, 0.1) is 0 Å². The molecule has 1 aromatic heterocycles. The fraction of sp³-hybridized carbons (Fsp3) is 0.444. The summed E-state index contributed by atoms with van der Waals surface area (Å²) < 4.78 is 5.41. The fourth-order valence-electron chi connectivity index (χ4n) is 2.30. The molecule has 0 radical (unpaired) electrons. The molecule has 108 valence electrons. The summed E-state index contributed by atoms with van der Waals surface area (Å²) in [7, 11) is 2.13. The van der Waals surface area contributed by atoms with Gasteiger partial charge in [-0.3, -0.25) is 4.90 Å². The molecule has 0 spiro atoms. The monoisotopic (exact) mass is 271 g/mol. The van der Waals surface area contributed by atoms with Gasteiger partial charge in [0, 0.05) is 6.04 Å². The van der Waals surface area contributed by atoms with Crippen molar-refractivity contribution in [2.75, 3.05) is 7.05 Å². The molecule has 0 aliphatic rings. The summed E-state index contributed by atoms with van der Waals surface area (Å²) in [4.78, 5) is 2.30. The Morgan fingerprint density at radius 2 is 1.75 bits per heavy atom. The van der Waals surface area contributed by atoms with Crippen molar-refractivity contribution < 1.29 is 4.42 Å². The molecule has 1 aromatic carbocycles. The van der Waals surface area contributed by atoms with Gasteiger partial charge in [-0.2, -0.15) is 0 Å². The molecule has 20 heavy (non-hydrogen) atoms. The molecule has 0 amide bonds. The maximum Gasteiger partial charge on any atom is 0.117 e. The molecular weight excluding hydrogens is 246 g/mol. The second kappa shape index (κ2) is 5.84. The topological polar surface area (TPSA) is 16.4 Å². The van der Waals surface area contributed by atoms with Crippen LogP contribution in [0.25, 0.3) is 0 Å². The largest absolute Gasteiger partial charge is 0.468 e. The minimum atomic E-state index is 0.210. The van der Waals surface area contributed by atoms with Crippen molar-refractivity contribution in [3.63, 3.8) is 0 Å². The van der Waals surface area contributed by atoms with Crippen LogP contribution in [0.15, 0.2) is 47.1 Å². The van der Waals surface area contributed by atoms with Gasteiger partial charge in [0.15, 0.2) is 0 Å². The molecule has 0 aliphatic heterocycles. The summed E-state index contributed by atoms with van der Waals surface area (Å²) in [6.07, 6.45) is 1.73. The van der Waals surface area contributed by atoms with E-state index >= 15 is 0 Å². The van der Waals surface area contributed by atoms with E-state index in [0.717, 1.165) is 12.3 Å². The van der Waals surface area contributed by atoms with Gasteiger partial charge in [-0.25, -0.2) is 0 Å². The normalized spacial score (nSPS) is 13.7. The third-order valence-corrected chi connectivity index (χ3v) is 3.91. The number of hydrogen-bond donors (Lipinski definition) is 0. The van der Waals surface area contributed by atoms with Crippen molar-refractivity contribution in [1.82, 2.24) is 4.90 Å². The van der Waals surface area contributed by atoms with E-state index in [9.17, 15) is 0 Å². The van der Waals surface area contributed by atoms with E-state index in [1.54, 1.807) is 6.26 Å². The van der Waals surface area contributed by atoms with E-state index in [-0.39, 0.29) is 5.41 Å². The molecule has 2 aromatic rings. The molecule has 2 heteroatoms. The average Bonchev–Trinajstić information content (AvgIpc) is 2.90. The SMILES string of the molecule is CC(c1ccc(C(C)(C)C)cc1)N(C)Cc1ccco1. The highest BCUT2D eigenvalue weighted by Crippen LogP contribution is 2.26. The van der Waals surface area contributed by atoms with Crippen LogP contribution in [-0.2, 0) is 12.0 Å². The first kappa shape index (κ1) is 14.9. The summed E-state index contributed by atoms with van der Waals surface area (Å²) in [5, 5.41) is 0. The lowest BCUT2D eigenvalue weighted by atomic mass is 9.86. The highest BCUT2D eigenvalue weighted by atomic mass is 16.3. The Kier molecular flexibility index (Phi) is 4.34. The van der Waals surface area contributed by atoms with Gasteiger partial charge >= 0.3 is 0 Å². The Balaban J connectivity index is 2.07. The zero-order valence-corrected chi connectivity index (χ0v) is 13.2. The lowest BCUT2D eigenvalue weighted by Gasteiger charge is -2.25. The predicted molar refractivity (Wildman–Crippen MR) is 83.7 cm³/mol. The second-order valence-electron chi connectivity index (χ2n) is 6.54. The number of rotatable bonds is 4. The number of hydrogen-bond acceptors (Lipinski definition) is 2. The number of furan rings is 1. The van der Waals surface area contributed by atoms with Crippen LogP contribution in [0.4, 0.5) is 0 Å². The van der Waals surface area contributed by atoms with Crippen LogP contribution in [0.5, 0.6) is 0 Å². The van der Waals surface area contributed by atoms with Gasteiger partial charge in [-0.05, 0) is 42.6 Å². The summed E-state index contributed by atoms with van der Waals surface area (Å²) in [5.74, 6) is 1.01. The van der Waals surface area contributed by atoms with Gasteiger partial charge in [0.1, 0.15) is 5.76 Å². The maximum atomic E-state index is 5.41. The van der Waals surface area contributed by atoms with Crippen LogP contribution in [0.2, 0.25) is 0 Å². The van der Waals surface area contributed by atoms with Gasteiger partial charge in [-0.15, -0.1) is 0 Å². The lowest BCUT2D eigenvalue weighted by molar-refractivity contribution is 0.232. The minimum Gasteiger partial charge on any atom is -0.468 e. The van der Waals surface area contributed by atoms with Gasteiger partial charge in [0.25, 0.3) is 0 Å². The van der Waals surface area contributed by atoms with E-state index in [1.807, 2.05) is 12.1 Å². The first-order valence-electron chi connectivity index (χ1n) is 7.21. The Hall–Kier alpha value is -1.54. The smallest absolute Gasteiger partial charge is 0.117 e. The van der Waals surface area contributed by atoms with E-state index in [1.165, 1.54) is 11.1 Å². The first-order chi connectivity index (χ1) is 9.38. The molecule has 0 fully saturated rings. The molecule has 0 aliphatic carbocycles. The van der Waals surface area contributed by atoms with E-state index in [4.69, 9.17) is 4.42 Å². The second-order valence-corrected chi connectivity index (χ2v) is 6.54. The van der Waals surface area contributed by atoms with E-state index in [2.05, 4.69) is 63.9 Å². The number of nitrogens with zero attached hydrogens (tertiary/aromatic N) is 1. The third kappa shape index (κ3) is 3.51. The van der Waals surface area contributed by atoms with Gasteiger partial charge in [-0.1, -0.05) is 45.0 Å². The van der Waals surface area contributed by atoms with E-state index in [0.29, 0.717) is 6.04 Å². The quantitative estimate of drug-likeness (QED) is 0.796. The van der Waals surface area contributed by atoms with Crippen molar-refractivity contribution in [3.05, 3.63) is 59.5 Å². The van der Waals surface area contributed by atoms with Crippen molar-refractivity contribution in [3.8, 4) is 0 Å².